The van der Waals surface area contributed by atoms with E-state index in [4.69, 9.17) is 10.8 Å². The molecule has 0 saturated heterocycles. The summed E-state index contributed by atoms with van der Waals surface area (Å²) in [5.74, 6) is -1.22. The number of carboxylic acid groups (broad SMARTS) is 1. The van der Waals surface area contributed by atoms with Gasteiger partial charge in [0, 0.05) is 0 Å². The minimum Gasteiger partial charge on any atom is -0.480 e. The van der Waals surface area contributed by atoms with E-state index < -0.39 is 18.1 Å². The van der Waals surface area contributed by atoms with Gasteiger partial charge in [-0.2, -0.15) is 0 Å². The molecule has 0 aromatic carbocycles. The van der Waals surface area contributed by atoms with Crippen LogP contribution in [0.4, 0.5) is 0 Å². The van der Waals surface area contributed by atoms with Gasteiger partial charge in [0.2, 0.25) is 0 Å². The van der Waals surface area contributed by atoms with Crippen molar-refractivity contribution < 1.29 is 15.0 Å². The fourth-order valence-electron chi connectivity index (χ4n) is 0.742. The maximum atomic E-state index is 10.3. The predicted octanol–water partition coefficient (Wildman–Crippen LogP) is -0.195. The Bertz CT molecular complexity index is 138. The van der Waals surface area contributed by atoms with Gasteiger partial charge in [-0.15, -0.1) is 0 Å². The van der Waals surface area contributed by atoms with Gasteiger partial charge in [-0.05, 0) is 5.92 Å². The zero-order valence-electron chi connectivity index (χ0n) is 6.82. The highest BCUT2D eigenvalue weighted by atomic mass is 16.4. The average molecular weight is 161 g/mol. The van der Waals surface area contributed by atoms with Crippen LogP contribution in [-0.2, 0) is 4.79 Å². The average Bonchev–Trinajstić information content (AvgIpc) is 2.00. The normalized spacial score (nSPS) is 18.9. The second kappa shape index (κ2) is 4.31. The van der Waals surface area contributed by atoms with Crippen molar-refractivity contribution in [3.8, 4) is 0 Å². The number of rotatable bonds is 4. The molecule has 0 aliphatic carbocycles. The number of aliphatic hydroxyl groups excluding tert-OH is 1. The Morgan fingerprint density at radius 1 is 1.64 bits per heavy atom. The van der Waals surface area contributed by atoms with Crippen LogP contribution < -0.4 is 5.73 Å². The van der Waals surface area contributed by atoms with Gasteiger partial charge in [-0.1, -0.05) is 20.3 Å². The summed E-state index contributed by atoms with van der Waals surface area (Å²) >= 11 is 0. The molecule has 0 aromatic heterocycles. The van der Waals surface area contributed by atoms with Crippen LogP contribution in [0.3, 0.4) is 0 Å². The van der Waals surface area contributed by atoms with Gasteiger partial charge in [0.1, 0.15) is 6.04 Å². The molecule has 66 valence electrons. The molecular formula is C7H15NO3. The van der Waals surface area contributed by atoms with E-state index in [-0.39, 0.29) is 5.92 Å². The Balaban J connectivity index is 4.00. The van der Waals surface area contributed by atoms with E-state index in [1.54, 1.807) is 6.92 Å². The molecule has 0 saturated carbocycles. The molecule has 0 spiro atoms. The summed E-state index contributed by atoms with van der Waals surface area (Å²) in [5, 5.41) is 17.7. The Hall–Kier alpha value is -0.610. The highest BCUT2D eigenvalue weighted by Gasteiger charge is 2.25. The molecule has 0 aliphatic heterocycles. The van der Waals surface area contributed by atoms with Crippen molar-refractivity contribution in [2.75, 3.05) is 0 Å². The number of hydrogen-bond acceptors (Lipinski definition) is 3. The Labute approximate surface area is 66.0 Å². The van der Waals surface area contributed by atoms with Gasteiger partial charge in [0.25, 0.3) is 0 Å². The van der Waals surface area contributed by atoms with E-state index in [0.717, 1.165) is 6.42 Å². The molecule has 0 amide bonds. The first-order valence-corrected chi connectivity index (χ1v) is 3.67. The van der Waals surface area contributed by atoms with Crippen molar-refractivity contribution in [3.63, 3.8) is 0 Å². The molecule has 0 aromatic rings. The van der Waals surface area contributed by atoms with Gasteiger partial charge in [0.05, 0.1) is 6.10 Å². The summed E-state index contributed by atoms with van der Waals surface area (Å²) in [6, 6.07) is -1.16. The Kier molecular flexibility index (Phi) is 4.07. The molecule has 4 N–H and O–H groups in total. The largest absolute Gasteiger partial charge is 0.480 e. The van der Waals surface area contributed by atoms with Crippen LogP contribution in [0.2, 0.25) is 0 Å². The summed E-state index contributed by atoms with van der Waals surface area (Å²) in [7, 11) is 0. The lowest BCUT2D eigenvalue weighted by molar-refractivity contribution is -0.142. The van der Waals surface area contributed by atoms with Crippen LogP contribution in [0.15, 0.2) is 0 Å². The third-order valence-corrected chi connectivity index (χ3v) is 1.88. The van der Waals surface area contributed by atoms with E-state index in [2.05, 4.69) is 0 Å². The summed E-state index contributed by atoms with van der Waals surface area (Å²) in [6.45, 7) is 3.65. The van der Waals surface area contributed by atoms with Crippen molar-refractivity contribution in [1.29, 1.82) is 0 Å². The Morgan fingerprint density at radius 2 is 2.09 bits per heavy atom. The van der Waals surface area contributed by atoms with E-state index in [1.165, 1.54) is 0 Å². The van der Waals surface area contributed by atoms with Crippen LogP contribution >= 0.6 is 0 Å². The van der Waals surface area contributed by atoms with Crippen molar-refractivity contribution >= 4 is 5.97 Å². The lowest BCUT2D eigenvalue weighted by Gasteiger charge is -2.20. The summed E-state index contributed by atoms with van der Waals surface area (Å²) in [6.07, 6.45) is -0.222. The number of hydrogen-bond donors (Lipinski definition) is 3. The van der Waals surface area contributed by atoms with Crippen molar-refractivity contribution in [2.45, 2.75) is 32.4 Å². The first-order valence-electron chi connectivity index (χ1n) is 3.67. The smallest absolute Gasteiger partial charge is 0.323 e. The van der Waals surface area contributed by atoms with Gasteiger partial charge in [-0.25, -0.2) is 0 Å². The molecule has 3 atom stereocenters. The minimum absolute atomic E-state index is 0.0684. The number of aliphatic carboxylic acids is 1. The van der Waals surface area contributed by atoms with Crippen LogP contribution in [0.5, 0.6) is 0 Å². The number of carboxylic acids is 1. The zero-order valence-corrected chi connectivity index (χ0v) is 6.82. The summed E-state index contributed by atoms with van der Waals surface area (Å²) in [4.78, 5) is 10.3. The molecule has 0 rings (SSSR count). The lowest BCUT2D eigenvalue weighted by atomic mass is 9.96. The van der Waals surface area contributed by atoms with Crippen LogP contribution in [0.25, 0.3) is 0 Å². The summed E-state index contributed by atoms with van der Waals surface area (Å²) in [5.41, 5.74) is 5.19. The summed E-state index contributed by atoms with van der Waals surface area (Å²) < 4.78 is 0. The lowest BCUT2D eigenvalue weighted by Crippen LogP contribution is -2.44. The maximum Gasteiger partial charge on any atom is 0.323 e. The van der Waals surface area contributed by atoms with Gasteiger partial charge >= 0.3 is 5.97 Å². The number of nitrogens with two attached hydrogens (primary N) is 1. The van der Waals surface area contributed by atoms with Crippen LogP contribution in [0, 0.1) is 5.92 Å². The zero-order chi connectivity index (χ0) is 9.02. The van der Waals surface area contributed by atoms with Crippen LogP contribution in [-0.4, -0.2) is 28.3 Å². The SMILES string of the molecule is CCC(C)C(O)C(N)C(=O)O. The number of carbonyl (C=O) groups is 1. The van der Waals surface area contributed by atoms with E-state index in [0.29, 0.717) is 0 Å². The second-order valence-electron chi connectivity index (χ2n) is 2.74. The van der Waals surface area contributed by atoms with Crippen molar-refractivity contribution in [1.82, 2.24) is 0 Å². The van der Waals surface area contributed by atoms with E-state index >= 15 is 0 Å². The van der Waals surface area contributed by atoms with E-state index in [9.17, 15) is 9.90 Å². The molecule has 0 radical (unpaired) electrons. The molecule has 0 heterocycles. The highest BCUT2D eigenvalue weighted by molar-refractivity contribution is 5.73. The standard InChI is InChI=1S/C7H15NO3/c1-3-4(2)6(9)5(8)7(10)11/h4-6,9H,3,8H2,1-2H3,(H,10,11). The van der Waals surface area contributed by atoms with E-state index in [1.807, 2.05) is 6.92 Å². The number of aliphatic hydroxyl groups is 1. The first-order chi connectivity index (χ1) is 5.00. The fourth-order valence-corrected chi connectivity index (χ4v) is 0.742. The molecule has 0 bridgehead atoms. The third-order valence-electron chi connectivity index (χ3n) is 1.88. The van der Waals surface area contributed by atoms with Gasteiger partial charge in [-0.3, -0.25) is 4.79 Å². The highest BCUT2D eigenvalue weighted by Crippen LogP contribution is 2.09. The molecule has 0 aliphatic rings. The molecule has 11 heavy (non-hydrogen) atoms. The van der Waals surface area contributed by atoms with Gasteiger partial charge < -0.3 is 15.9 Å². The van der Waals surface area contributed by atoms with Crippen molar-refractivity contribution in [3.05, 3.63) is 0 Å². The quantitative estimate of drug-likeness (QED) is 0.533. The molecule has 4 nitrogen and oxygen atoms in total. The first kappa shape index (κ1) is 10.4. The maximum absolute atomic E-state index is 10.3. The molecular weight excluding hydrogens is 146 g/mol. The van der Waals surface area contributed by atoms with Crippen molar-refractivity contribution in [2.24, 2.45) is 11.7 Å². The molecule has 0 fully saturated rings. The molecule has 3 unspecified atom stereocenters. The third kappa shape index (κ3) is 2.86. The Morgan fingerprint density at radius 3 is 2.36 bits per heavy atom. The fraction of sp³-hybridized carbons (Fsp3) is 0.857. The second-order valence-corrected chi connectivity index (χ2v) is 2.74. The predicted molar refractivity (Wildman–Crippen MR) is 41.1 cm³/mol. The van der Waals surface area contributed by atoms with Crippen LogP contribution in [0.1, 0.15) is 20.3 Å². The minimum atomic E-state index is -1.16. The topological polar surface area (TPSA) is 83.5 Å². The monoisotopic (exact) mass is 161 g/mol. The van der Waals surface area contributed by atoms with Gasteiger partial charge in [0.15, 0.2) is 0 Å². The molecule has 4 heteroatoms.